The Morgan fingerprint density at radius 3 is 2.65 bits per heavy atom. The highest BCUT2D eigenvalue weighted by Crippen LogP contribution is 2.43. The van der Waals surface area contributed by atoms with E-state index in [9.17, 15) is 19.6 Å². The molecule has 1 saturated carbocycles. The summed E-state index contributed by atoms with van der Waals surface area (Å²) in [6, 6.07) is 19.8. The summed E-state index contributed by atoms with van der Waals surface area (Å²) in [6.07, 6.45) is 4.18. The van der Waals surface area contributed by atoms with Gasteiger partial charge in [-0.05, 0) is 79.6 Å². The highest BCUT2D eigenvalue weighted by atomic mass is 16.2. The van der Waals surface area contributed by atoms with Gasteiger partial charge >= 0.3 is 0 Å². The molecule has 4 aromatic rings. The first-order chi connectivity index (χ1) is 19.3. The number of rotatable bonds is 6. The number of nitrogens with zero attached hydrogens (tertiary/aromatic N) is 4. The van der Waals surface area contributed by atoms with Crippen LogP contribution in [0, 0.1) is 24.2 Å². The molecular weight excluding hydrogens is 504 g/mol. The number of amides is 3. The standard InChI is InChI=1S/C31H28N6O3/c1-18-4-2-7-27(34-18)35-31(40)29-22-8-10-23(13-22)37(29)28(38)17-36-16-25(30(33)39)24-14-21(9-11-26(24)36)20-6-3-5-19(12-20)15-32/h2-7,9,11-12,14,16,22-23,29H,8,10,13,17H2,1H3,(H2,33,39)(H,34,35,40)/t22?,23?,29-/m0/s1. The van der Waals surface area contributed by atoms with Crippen LogP contribution in [0.1, 0.15) is 40.9 Å². The zero-order valence-electron chi connectivity index (χ0n) is 22.0. The number of hydrogen-bond donors (Lipinski definition) is 2. The van der Waals surface area contributed by atoms with Gasteiger partial charge in [-0.2, -0.15) is 5.26 Å². The number of benzene rings is 2. The van der Waals surface area contributed by atoms with E-state index in [1.807, 2.05) is 49.4 Å². The number of fused-ring (bicyclic) bond motifs is 3. The van der Waals surface area contributed by atoms with Gasteiger partial charge in [-0.15, -0.1) is 0 Å². The topological polar surface area (TPSA) is 134 Å². The lowest BCUT2D eigenvalue weighted by Crippen LogP contribution is -2.51. The molecule has 6 rings (SSSR count). The molecule has 2 fully saturated rings. The number of anilines is 1. The minimum absolute atomic E-state index is 0.00942. The first kappa shape index (κ1) is 25.3. The average Bonchev–Trinajstić information content (AvgIpc) is 3.66. The molecule has 1 aliphatic carbocycles. The number of carbonyl (C=O) groups is 3. The Kier molecular flexibility index (Phi) is 6.31. The molecule has 3 heterocycles. The molecule has 1 saturated heterocycles. The third-order valence-electron chi connectivity index (χ3n) is 8.06. The number of aryl methyl sites for hydroxylation is 1. The van der Waals surface area contributed by atoms with Crippen LogP contribution in [0.3, 0.4) is 0 Å². The molecule has 9 heteroatoms. The Balaban J connectivity index is 1.29. The summed E-state index contributed by atoms with van der Waals surface area (Å²) in [5.74, 6) is -0.421. The van der Waals surface area contributed by atoms with Crippen molar-refractivity contribution >= 4 is 34.4 Å². The Bertz CT molecular complexity index is 1720. The number of primary amides is 1. The van der Waals surface area contributed by atoms with Crippen molar-refractivity contribution < 1.29 is 14.4 Å². The van der Waals surface area contributed by atoms with E-state index < -0.39 is 11.9 Å². The van der Waals surface area contributed by atoms with Gasteiger partial charge in [0.05, 0.1) is 17.2 Å². The predicted octanol–water partition coefficient (Wildman–Crippen LogP) is 4.00. The van der Waals surface area contributed by atoms with Crippen LogP contribution in [0.4, 0.5) is 5.82 Å². The fourth-order valence-electron chi connectivity index (χ4n) is 6.30. The molecule has 9 nitrogen and oxygen atoms in total. The Morgan fingerprint density at radius 1 is 1.07 bits per heavy atom. The number of pyridine rings is 1. The molecule has 2 aliphatic rings. The van der Waals surface area contributed by atoms with Crippen molar-refractivity contribution in [2.75, 3.05) is 5.32 Å². The first-order valence-corrected chi connectivity index (χ1v) is 13.3. The van der Waals surface area contributed by atoms with Crippen LogP contribution in [0.25, 0.3) is 22.0 Å². The number of hydrogen-bond acceptors (Lipinski definition) is 5. The molecular formula is C31H28N6O3. The molecule has 2 bridgehead atoms. The van der Waals surface area contributed by atoms with E-state index in [4.69, 9.17) is 5.73 Å². The lowest BCUT2D eigenvalue weighted by molar-refractivity contribution is -0.141. The summed E-state index contributed by atoms with van der Waals surface area (Å²) in [7, 11) is 0. The van der Waals surface area contributed by atoms with Crippen molar-refractivity contribution in [2.45, 2.75) is 44.8 Å². The summed E-state index contributed by atoms with van der Waals surface area (Å²) < 4.78 is 1.73. The van der Waals surface area contributed by atoms with E-state index in [0.717, 1.165) is 36.1 Å². The molecule has 3 N–H and O–H groups in total. The van der Waals surface area contributed by atoms with Gasteiger partial charge in [-0.1, -0.05) is 24.3 Å². The molecule has 2 unspecified atom stereocenters. The van der Waals surface area contributed by atoms with Gasteiger partial charge in [-0.3, -0.25) is 14.4 Å². The Labute approximate surface area is 231 Å². The van der Waals surface area contributed by atoms with E-state index in [0.29, 0.717) is 27.8 Å². The maximum absolute atomic E-state index is 13.8. The summed E-state index contributed by atoms with van der Waals surface area (Å²) in [5.41, 5.74) is 9.72. The number of nitriles is 1. The lowest BCUT2D eigenvalue weighted by atomic mass is 9.97. The average molecular weight is 533 g/mol. The zero-order valence-corrected chi connectivity index (χ0v) is 22.0. The summed E-state index contributed by atoms with van der Waals surface area (Å²) in [4.78, 5) is 45.6. The highest BCUT2D eigenvalue weighted by molar-refractivity contribution is 6.07. The lowest BCUT2D eigenvalue weighted by Gasteiger charge is -2.34. The number of nitrogens with two attached hydrogens (primary N) is 1. The number of aromatic nitrogens is 2. The van der Waals surface area contributed by atoms with Gasteiger partial charge in [0.15, 0.2) is 0 Å². The van der Waals surface area contributed by atoms with Gasteiger partial charge in [0, 0.05) is 28.8 Å². The van der Waals surface area contributed by atoms with E-state index in [1.165, 1.54) is 0 Å². The molecule has 0 radical (unpaired) electrons. The van der Waals surface area contributed by atoms with Crippen LogP contribution in [-0.4, -0.2) is 44.3 Å². The van der Waals surface area contributed by atoms with Crippen LogP contribution < -0.4 is 11.1 Å². The SMILES string of the molecule is Cc1cccc(NC(=O)[C@@H]2C3CCC(C3)N2C(=O)Cn2cc(C(N)=O)c3cc(-c4cccc(C#N)c4)ccc32)n1. The molecule has 2 aromatic heterocycles. The van der Waals surface area contributed by atoms with E-state index >= 15 is 0 Å². The second-order valence-corrected chi connectivity index (χ2v) is 10.6. The first-order valence-electron chi connectivity index (χ1n) is 13.3. The molecule has 2 aromatic carbocycles. The minimum atomic E-state index is -0.595. The van der Waals surface area contributed by atoms with Crippen LogP contribution in [0.15, 0.2) is 66.9 Å². The highest BCUT2D eigenvalue weighted by Gasteiger charge is 2.51. The van der Waals surface area contributed by atoms with E-state index in [2.05, 4.69) is 16.4 Å². The second-order valence-electron chi connectivity index (χ2n) is 10.6. The van der Waals surface area contributed by atoms with Gasteiger partial charge in [0.2, 0.25) is 11.8 Å². The fourth-order valence-corrected chi connectivity index (χ4v) is 6.30. The largest absolute Gasteiger partial charge is 0.366 e. The maximum atomic E-state index is 13.8. The van der Waals surface area contributed by atoms with Crippen LogP contribution in [-0.2, 0) is 16.1 Å². The number of nitrogens with one attached hydrogen (secondary N) is 1. The minimum Gasteiger partial charge on any atom is -0.366 e. The monoisotopic (exact) mass is 532 g/mol. The van der Waals surface area contributed by atoms with Crippen molar-refractivity contribution in [3.05, 3.63) is 83.7 Å². The molecule has 3 amide bonds. The van der Waals surface area contributed by atoms with Gasteiger partial charge in [-0.25, -0.2) is 4.98 Å². The van der Waals surface area contributed by atoms with Crippen molar-refractivity contribution in [2.24, 2.45) is 11.7 Å². The van der Waals surface area contributed by atoms with E-state index in [1.54, 1.807) is 33.9 Å². The Morgan fingerprint density at radius 2 is 1.88 bits per heavy atom. The molecule has 40 heavy (non-hydrogen) atoms. The zero-order chi connectivity index (χ0) is 28.0. The second kappa shape index (κ2) is 9.97. The summed E-state index contributed by atoms with van der Waals surface area (Å²) in [5, 5.41) is 12.8. The van der Waals surface area contributed by atoms with Gasteiger partial charge < -0.3 is 20.5 Å². The van der Waals surface area contributed by atoms with Crippen molar-refractivity contribution in [1.82, 2.24) is 14.5 Å². The quantitative estimate of drug-likeness (QED) is 0.387. The van der Waals surface area contributed by atoms with Crippen molar-refractivity contribution in [3.8, 4) is 17.2 Å². The number of piperidine rings is 1. The molecule has 200 valence electrons. The maximum Gasteiger partial charge on any atom is 0.250 e. The van der Waals surface area contributed by atoms with E-state index in [-0.39, 0.29) is 30.3 Å². The van der Waals surface area contributed by atoms with Crippen molar-refractivity contribution in [1.29, 1.82) is 5.26 Å². The molecule has 0 spiro atoms. The van der Waals surface area contributed by atoms with Crippen molar-refractivity contribution in [3.63, 3.8) is 0 Å². The third kappa shape index (κ3) is 4.47. The Hall–Kier alpha value is -4.97. The normalized spacial score (nSPS) is 19.5. The van der Waals surface area contributed by atoms with Crippen LogP contribution in [0.2, 0.25) is 0 Å². The van der Waals surface area contributed by atoms with Gasteiger partial charge in [0.25, 0.3) is 5.91 Å². The number of carbonyl (C=O) groups excluding carboxylic acids is 3. The van der Waals surface area contributed by atoms with Gasteiger partial charge in [0.1, 0.15) is 18.4 Å². The third-order valence-corrected chi connectivity index (χ3v) is 8.06. The number of likely N-dealkylation sites (tertiary alicyclic amines) is 1. The molecule has 1 aliphatic heterocycles. The predicted molar refractivity (Wildman–Crippen MR) is 150 cm³/mol. The van der Waals surface area contributed by atoms with Crippen LogP contribution in [0.5, 0.6) is 0 Å². The summed E-state index contributed by atoms with van der Waals surface area (Å²) in [6.45, 7) is 1.83. The fraction of sp³-hybridized carbons (Fsp3) is 0.258. The smallest absolute Gasteiger partial charge is 0.250 e. The molecule has 3 atom stereocenters. The van der Waals surface area contributed by atoms with Crippen LogP contribution >= 0.6 is 0 Å². The summed E-state index contributed by atoms with van der Waals surface area (Å²) >= 11 is 0.